The molecule has 1 fully saturated rings. The number of thioether (sulfide) groups is 1. The third kappa shape index (κ3) is 1.81. The summed E-state index contributed by atoms with van der Waals surface area (Å²) < 4.78 is 0. The summed E-state index contributed by atoms with van der Waals surface area (Å²) in [6.45, 7) is 3.00. The Hall–Kier alpha value is -0.470. The monoisotopic (exact) mass is 221 g/mol. The minimum atomic E-state index is 0.426. The molecule has 2 rings (SSSR count). The van der Waals surface area contributed by atoms with Gasteiger partial charge in [0.25, 0.3) is 0 Å². The zero-order chi connectivity index (χ0) is 10.9. The van der Waals surface area contributed by atoms with Crippen LogP contribution in [0, 0.1) is 0 Å². The molecule has 0 radical (unpaired) electrons. The predicted molar refractivity (Wildman–Crippen MR) is 68.2 cm³/mol. The smallest absolute Gasteiger partial charge is 0.0181 e. The third-order valence-corrected chi connectivity index (χ3v) is 4.85. The number of benzene rings is 1. The molecule has 1 unspecified atom stereocenters. The lowest BCUT2D eigenvalue weighted by atomic mass is 9.89. The van der Waals surface area contributed by atoms with E-state index in [1.165, 1.54) is 24.0 Å². The first-order valence-electron chi connectivity index (χ1n) is 5.56. The lowest BCUT2D eigenvalue weighted by molar-refractivity contribution is 0.672. The van der Waals surface area contributed by atoms with Crippen LogP contribution in [0.25, 0.3) is 0 Å². The van der Waals surface area contributed by atoms with Crippen molar-refractivity contribution in [3.05, 3.63) is 35.4 Å². The van der Waals surface area contributed by atoms with Crippen molar-refractivity contribution in [2.24, 2.45) is 5.73 Å². The Labute approximate surface area is 96.4 Å². The van der Waals surface area contributed by atoms with Crippen molar-refractivity contribution in [3.8, 4) is 0 Å². The molecule has 82 valence electrons. The molecule has 0 bridgehead atoms. The minimum absolute atomic E-state index is 0.426. The summed E-state index contributed by atoms with van der Waals surface area (Å²) in [5.74, 6) is 0. The predicted octanol–water partition coefficient (Wildman–Crippen LogP) is 2.93. The van der Waals surface area contributed by atoms with Gasteiger partial charge in [-0.3, -0.25) is 0 Å². The Kier molecular flexibility index (Phi) is 3.08. The second-order valence-corrected chi connectivity index (χ2v) is 5.57. The zero-order valence-corrected chi connectivity index (χ0v) is 10.3. The Morgan fingerprint density at radius 1 is 1.40 bits per heavy atom. The largest absolute Gasteiger partial charge is 0.326 e. The molecule has 1 aromatic rings. The van der Waals surface area contributed by atoms with Crippen molar-refractivity contribution in [2.45, 2.75) is 37.0 Å². The Morgan fingerprint density at radius 3 is 2.60 bits per heavy atom. The van der Waals surface area contributed by atoms with E-state index in [9.17, 15) is 0 Å². The fraction of sp³-hybridized carbons (Fsp3) is 0.538. The van der Waals surface area contributed by atoms with E-state index in [-0.39, 0.29) is 0 Å². The summed E-state index contributed by atoms with van der Waals surface area (Å²) in [6, 6.07) is 8.66. The molecule has 1 aromatic carbocycles. The van der Waals surface area contributed by atoms with Crippen LogP contribution in [0.2, 0.25) is 0 Å². The highest BCUT2D eigenvalue weighted by Gasteiger charge is 2.49. The van der Waals surface area contributed by atoms with Crippen LogP contribution in [0.4, 0.5) is 0 Å². The number of hydrogen-bond donors (Lipinski definition) is 1. The first kappa shape index (κ1) is 11.0. The standard InChI is InChI=1S/C13H19NS/c1-10(15-2)13(7-8-13)12-6-4-3-5-11(12)9-14/h3-6,10H,7-9,14H2,1-2H3. The van der Waals surface area contributed by atoms with Crippen molar-refractivity contribution < 1.29 is 0 Å². The van der Waals surface area contributed by atoms with Crippen LogP contribution in [0.3, 0.4) is 0 Å². The molecule has 0 aromatic heterocycles. The molecule has 0 heterocycles. The molecule has 2 N–H and O–H groups in total. The summed E-state index contributed by atoms with van der Waals surface area (Å²) in [7, 11) is 0. The SMILES string of the molecule is CSC(C)C1(c2ccccc2CN)CC1. The van der Waals surface area contributed by atoms with Gasteiger partial charge in [-0.15, -0.1) is 0 Å². The summed E-state index contributed by atoms with van der Waals surface area (Å²) >= 11 is 1.97. The van der Waals surface area contributed by atoms with Gasteiger partial charge in [0.2, 0.25) is 0 Å². The molecule has 1 aliphatic carbocycles. The normalized spacial score (nSPS) is 19.9. The Morgan fingerprint density at radius 2 is 2.07 bits per heavy atom. The maximum atomic E-state index is 5.81. The van der Waals surface area contributed by atoms with E-state index in [2.05, 4.69) is 37.4 Å². The quantitative estimate of drug-likeness (QED) is 0.846. The lowest BCUT2D eigenvalue weighted by Crippen LogP contribution is -2.22. The maximum Gasteiger partial charge on any atom is 0.0181 e. The van der Waals surface area contributed by atoms with Gasteiger partial charge in [0.1, 0.15) is 0 Å². The fourth-order valence-corrected chi connectivity index (χ4v) is 3.25. The molecular weight excluding hydrogens is 202 g/mol. The molecule has 1 aliphatic rings. The molecular formula is C13H19NS. The molecule has 1 nitrogen and oxygen atoms in total. The first-order valence-corrected chi connectivity index (χ1v) is 6.84. The second kappa shape index (κ2) is 4.18. The summed E-state index contributed by atoms with van der Waals surface area (Å²) in [5.41, 5.74) is 9.06. The van der Waals surface area contributed by atoms with E-state index >= 15 is 0 Å². The van der Waals surface area contributed by atoms with Crippen LogP contribution in [0.5, 0.6) is 0 Å². The van der Waals surface area contributed by atoms with E-state index in [4.69, 9.17) is 5.73 Å². The van der Waals surface area contributed by atoms with E-state index in [0.717, 1.165) is 0 Å². The van der Waals surface area contributed by atoms with Crippen LogP contribution in [-0.2, 0) is 12.0 Å². The fourth-order valence-electron chi connectivity index (χ4n) is 2.44. The second-order valence-electron chi connectivity index (χ2n) is 4.40. The van der Waals surface area contributed by atoms with Crippen LogP contribution >= 0.6 is 11.8 Å². The zero-order valence-electron chi connectivity index (χ0n) is 9.49. The van der Waals surface area contributed by atoms with E-state index in [0.29, 0.717) is 17.2 Å². The van der Waals surface area contributed by atoms with Gasteiger partial charge in [0.05, 0.1) is 0 Å². The van der Waals surface area contributed by atoms with E-state index < -0.39 is 0 Å². The molecule has 15 heavy (non-hydrogen) atoms. The average Bonchev–Trinajstić information content (AvgIpc) is 3.09. The molecule has 0 amide bonds. The van der Waals surface area contributed by atoms with Crippen molar-refractivity contribution in [1.82, 2.24) is 0 Å². The lowest BCUT2D eigenvalue weighted by Gasteiger charge is -2.24. The van der Waals surface area contributed by atoms with Crippen LogP contribution in [-0.4, -0.2) is 11.5 Å². The first-order chi connectivity index (χ1) is 7.24. The van der Waals surface area contributed by atoms with E-state index in [1.807, 2.05) is 11.8 Å². The van der Waals surface area contributed by atoms with E-state index in [1.54, 1.807) is 0 Å². The minimum Gasteiger partial charge on any atom is -0.326 e. The van der Waals surface area contributed by atoms with Gasteiger partial charge in [0, 0.05) is 17.2 Å². The molecule has 2 heteroatoms. The summed E-state index contributed by atoms with van der Waals surface area (Å²) in [6.07, 6.45) is 4.85. The van der Waals surface area contributed by atoms with Gasteiger partial charge < -0.3 is 5.73 Å². The summed E-state index contributed by atoms with van der Waals surface area (Å²) in [4.78, 5) is 0. The highest BCUT2D eigenvalue weighted by molar-refractivity contribution is 7.99. The van der Waals surface area contributed by atoms with Crippen LogP contribution < -0.4 is 5.73 Å². The van der Waals surface area contributed by atoms with Gasteiger partial charge in [-0.25, -0.2) is 0 Å². The maximum absolute atomic E-state index is 5.81. The van der Waals surface area contributed by atoms with Crippen molar-refractivity contribution in [3.63, 3.8) is 0 Å². The van der Waals surface area contributed by atoms with Crippen molar-refractivity contribution in [2.75, 3.05) is 6.26 Å². The van der Waals surface area contributed by atoms with Gasteiger partial charge >= 0.3 is 0 Å². The Balaban J connectivity index is 2.36. The number of rotatable bonds is 4. The molecule has 1 saturated carbocycles. The molecule has 0 saturated heterocycles. The molecule has 0 spiro atoms. The number of nitrogens with two attached hydrogens (primary N) is 1. The topological polar surface area (TPSA) is 26.0 Å². The molecule has 0 aliphatic heterocycles. The highest BCUT2D eigenvalue weighted by atomic mass is 32.2. The van der Waals surface area contributed by atoms with Gasteiger partial charge in [-0.1, -0.05) is 31.2 Å². The molecule has 1 atom stereocenters. The Bertz CT molecular complexity index is 344. The number of hydrogen-bond acceptors (Lipinski definition) is 2. The van der Waals surface area contributed by atoms with Crippen LogP contribution in [0.1, 0.15) is 30.9 Å². The highest BCUT2D eigenvalue weighted by Crippen LogP contribution is 2.54. The average molecular weight is 221 g/mol. The van der Waals surface area contributed by atoms with Crippen LogP contribution in [0.15, 0.2) is 24.3 Å². The van der Waals surface area contributed by atoms with Crippen molar-refractivity contribution in [1.29, 1.82) is 0 Å². The third-order valence-electron chi connectivity index (χ3n) is 3.69. The van der Waals surface area contributed by atoms with Gasteiger partial charge in [-0.2, -0.15) is 11.8 Å². The summed E-state index contributed by atoms with van der Waals surface area (Å²) in [5, 5.41) is 0.699. The van der Waals surface area contributed by atoms with Gasteiger partial charge in [-0.05, 0) is 30.2 Å². The van der Waals surface area contributed by atoms with Crippen molar-refractivity contribution >= 4 is 11.8 Å². The van der Waals surface area contributed by atoms with Gasteiger partial charge in [0.15, 0.2) is 0 Å².